The van der Waals surface area contributed by atoms with Crippen LogP contribution in [0, 0.1) is 0 Å². The number of aliphatic hydroxyl groups excluding tert-OH is 2. The van der Waals surface area contributed by atoms with E-state index in [1.165, 1.54) is 295 Å². The molecule has 4 nitrogen and oxygen atoms in total. The van der Waals surface area contributed by atoms with Gasteiger partial charge in [-0.2, -0.15) is 0 Å². The van der Waals surface area contributed by atoms with E-state index >= 15 is 0 Å². The van der Waals surface area contributed by atoms with Gasteiger partial charge < -0.3 is 15.5 Å². The maximum atomic E-state index is 12.5. The molecule has 3 N–H and O–H groups in total. The molecule has 0 aliphatic rings. The molecule has 0 radical (unpaired) electrons. The Kier molecular flexibility index (Phi) is 56.2. The standard InChI is InChI=1S/C61H119NO3/c1-3-5-7-9-11-13-15-17-19-21-23-25-27-29-30-31-33-35-37-39-41-43-45-47-49-51-53-55-57-61(65)62-59(58-63)60(64)56-54-52-50-48-46-44-42-40-38-36-34-32-28-26-24-22-20-18-16-14-12-10-8-6-4-2/h29-30,54,56,59-60,63-64H,3-28,31-53,55,57-58H2,1-2H3,(H,62,65)/b30-29-,56-54+. The number of carbonyl (C=O) groups excluding carboxylic acids is 1. The van der Waals surface area contributed by atoms with Gasteiger partial charge in [0.05, 0.1) is 18.8 Å². The van der Waals surface area contributed by atoms with E-state index in [0.29, 0.717) is 6.42 Å². The van der Waals surface area contributed by atoms with E-state index in [2.05, 4.69) is 31.3 Å². The number of amides is 1. The highest BCUT2D eigenvalue weighted by molar-refractivity contribution is 5.76. The fourth-order valence-electron chi connectivity index (χ4n) is 9.59. The molecule has 4 heteroatoms. The summed E-state index contributed by atoms with van der Waals surface area (Å²) in [5.41, 5.74) is 0. The third-order valence-electron chi connectivity index (χ3n) is 14.2. The zero-order chi connectivity index (χ0) is 47.0. The van der Waals surface area contributed by atoms with Crippen LogP contribution in [0.4, 0.5) is 0 Å². The van der Waals surface area contributed by atoms with Crippen LogP contribution in [0.25, 0.3) is 0 Å². The van der Waals surface area contributed by atoms with Crippen molar-refractivity contribution in [3.63, 3.8) is 0 Å². The second-order valence-electron chi connectivity index (χ2n) is 20.8. The zero-order valence-electron chi connectivity index (χ0n) is 44.5. The van der Waals surface area contributed by atoms with Crippen molar-refractivity contribution >= 4 is 5.91 Å². The van der Waals surface area contributed by atoms with Crippen LogP contribution in [0.2, 0.25) is 0 Å². The van der Waals surface area contributed by atoms with Gasteiger partial charge in [0.25, 0.3) is 0 Å². The molecule has 2 atom stereocenters. The van der Waals surface area contributed by atoms with E-state index in [1.54, 1.807) is 6.08 Å². The van der Waals surface area contributed by atoms with Gasteiger partial charge in [-0.05, 0) is 44.9 Å². The van der Waals surface area contributed by atoms with Gasteiger partial charge >= 0.3 is 0 Å². The summed E-state index contributed by atoms with van der Waals surface area (Å²) in [5, 5.41) is 23.2. The Hall–Kier alpha value is -1.13. The maximum absolute atomic E-state index is 12.5. The van der Waals surface area contributed by atoms with Crippen molar-refractivity contribution < 1.29 is 15.0 Å². The largest absolute Gasteiger partial charge is 0.394 e. The van der Waals surface area contributed by atoms with Gasteiger partial charge in [0, 0.05) is 6.42 Å². The topological polar surface area (TPSA) is 69.6 Å². The number of rotatable bonds is 56. The Labute approximate surface area is 409 Å². The van der Waals surface area contributed by atoms with Crippen molar-refractivity contribution in [1.82, 2.24) is 5.32 Å². The molecule has 0 rings (SSSR count). The summed E-state index contributed by atoms with van der Waals surface area (Å²) < 4.78 is 0. The highest BCUT2D eigenvalue weighted by atomic mass is 16.3. The number of hydrogen-bond acceptors (Lipinski definition) is 3. The molecule has 1 amide bonds. The molecule has 386 valence electrons. The Morgan fingerprint density at radius 2 is 0.585 bits per heavy atom. The summed E-state index contributed by atoms with van der Waals surface area (Å²) in [6, 6.07) is -0.622. The first-order chi connectivity index (χ1) is 32.2. The van der Waals surface area contributed by atoms with Crippen LogP contribution in [-0.4, -0.2) is 34.9 Å². The minimum absolute atomic E-state index is 0.0582. The van der Waals surface area contributed by atoms with Crippen LogP contribution >= 0.6 is 0 Å². The Morgan fingerprint density at radius 1 is 0.354 bits per heavy atom. The molecule has 0 saturated carbocycles. The minimum atomic E-state index is -0.839. The highest BCUT2D eigenvalue weighted by Crippen LogP contribution is 2.18. The van der Waals surface area contributed by atoms with E-state index in [1.807, 2.05) is 6.08 Å². The summed E-state index contributed by atoms with van der Waals surface area (Å²) in [7, 11) is 0. The van der Waals surface area contributed by atoms with E-state index in [4.69, 9.17) is 0 Å². The molecule has 0 aliphatic heterocycles. The molecule has 0 saturated heterocycles. The lowest BCUT2D eigenvalue weighted by atomic mass is 10.0. The van der Waals surface area contributed by atoms with Crippen LogP contribution in [0.3, 0.4) is 0 Å². The Morgan fingerprint density at radius 3 is 0.846 bits per heavy atom. The maximum Gasteiger partial charge on any atom is 0.220 e. The molecule has 0 aromatic carbocycles. The fourth-order valence-corrected chi connectivity index (χ4v) is 9.59. The van der Waals surface area contributed by atoms with Gasteiger partial charge in [0.1, 0.15) is 0 Å². The number of allylic oxidation sites excluding steroid dienone is 3. The van der Waals surface area contributed by atoms with Gasteiger partial charge in [-0.1, -0.05) is 314 Å². The molecule has 0 aromatic rings. The molecule has 0 spiro atoms. The average Bonchev–Trinajstić information content (AvgIpc) is 3.31. The van der Waals surface area contributed by atoms with Crippen LogP contribution in [0.1, 0.15) is 341 Å². The highest BCUT2D eigenvalue weighted by Gasteiger charge is 2.18. The monoisotopic (exact) mass is 914 g/mol. The lowest BCUT2D eigenvalue weighted by Gasteiger charge is -2.20. The number of aliphatic hydroxyl groups is 2. The van der Waals surface area contributed by atoms with Crippen molar-refractivity contribution in [3.8, 4) is 0 Å². The van der Waals surface area contributed by atoms with E-state index in [-0.39, 0.29) is 12.5 Å². The summed E-state index contributed by atoms with van der Waals surface area (Å²) >= 11 is 0. The summed E-state index contributed by atoms with van der Waals surface area (Å²) in [6.07, 6.45) is 76.4. The van der Waals surface area contributed by atoms with Crippen molar-refractivity contribution in [3.05, 3.63) is 24.3 Å². The predicted molar refractivity (Wildman–Crippen MR) is 290 cm³/mol. The molecular weight excluding hydrogens is 795 g/mol. The van der Waals surface area contributed by atoms with Crippen molar-refractivity contribution in [1.29, 1.82) is 0 Å². The number of unbranched alkanes of at least 4 members (excludes halogenated alkanes) is 47. The SMILES string of the molecule is CCCCCCCCCCCCCC/C=C\CCCCCCCCCCCCCCC(=O)NC(CO)C(O)/C=C/CCCCCCCCCCCCCCCCCCCCCCCCC. The summed E-state index contributed by atoms with van der Waals surface area (Å²) in [4.78, 5) is 12.5. The first-order valence-corrected chi connectivity index (χ1v) is 30.1. The fraction of sp³-hybridized carbons (Fsp3) is 0.918. The van der Waals surface area contributed by atoms with E-state index < -0.39 is 12.1 Å². The molecule has 0 bridgehead atoms. The summed E-state index contributed by atoms with van der Waals surface area (Å²) in [5.74, 6) is -0.0582. The van der Waals surface area contributed by atoms with Crippen LogP contribution in [-0.2, 0) is 4.79 Å². The van der Waals surface area contributed by atoms with E-state index in [9.17, 15) is 15.0 Å². The van der Waals surface area contributed by atoms with Gasteiger partial charge in [-0.25, -0.2) is 0 Å². The Bertz CT molecular complexity index is 947. The molecule has 2 unspecified atom stereocenters. The lowest BCUT2D eigenvalue weighted by Crippen LogP contribution is -2.45. The van der Waals surface area contributed by atoms with Gasteiger partial charge in [-0.3, -0.25) is 4.79 Å². The van der Waals surface area contributed by atoms with Crippen LogP contribution in [0.15, 0.2) is 24.3 Å². The molecule has 0 fully saturated rings. The lowest BCUT2D eigenvalue weighted by molar-refractivity contribution is -0.123. The second-order valence-corrected chi connectivity index (χ2v) is 20.8. The quantitative estimate of drug-likeness (QED) is 0.0421. The Balaban J connectivity index is 3.45. The van der Waals surface area contributed by atoms with Gasteiger partial charge in [0.2, 0.25) is 5.91 Å². The zero-order valence-corrected chi connectivity index (χ0v) is 44.5. The van der Waals surface area contributed by atoms with Gasteiger partial charge in [0.15, 0.2) is 0 Å². The normalized spacial score (nSPS) is 12.9. The van der Waals surface area contributed by atoms with Crippen molar-refractivity contribution in [2.75, 3.05) is 6.61 Å². The average molecular weight is 915 g/mol. The first-order valence-electron chi connectivity index (χ1n) is 30.1. The van der Waals surface area contributed by atoms with Crippen LogP contribution in [0.5, 0.6) is 0 Å². The summed E-state index contributed by atoms with van der Waals surface area (Å²) in [6.45, 7) is 4.35. The number of nitrogens with one attached hydrogen (secondary N) is 1. The number of hydrogen-bond donors (Lipinski definition) is 3. The van der Waals surface area contributed by atoms with Gasteiger partial charge in [-0.15, -0.1) is 0 Å². The smallest absolute Gasteiger partial charge is 0.220 e. The first kappa shape index (κ1) is 63.9. The molecule has 65 heavy (non-hydrogen) atoms. The molecular formula is C61H119NO3. The van der Waals surface area contributed by atoms with Crippen molar-refractivity contribution in [2.45, 2.75) is 353 Å². The molecule has 0 aliphatic carbocycles. The second kappa shape index (κ2) is 57.2. The predicted octanol–water partition coefficient (Wildman–Crippen LogP) is 19.9. The number of carbonyl (C=O) groups is 1. The minimum Gasteiger partial charge on any atom is -0.394 e. The van der Waals surface area contributed by atoms with Crippen LogP contribution < -0.4 is 5.32 Å². The van der Waals surface area contributed by atoms with Crippen molar-refractivity contribution in [2.24, 2.45) is 0 Å². The molecule has 0 heterocycles. The third-order valence-corrected chi connectivity index (χ3v) is 14.2. The molecule has 0 aromatic heterocycles. The third kappa shape index (κ3) is 53.7. The van der Waals surface area contributed by atoms with E-state index in [0.717, 1.165) is 25.7 Å².